The van der Waals surface area contributed by atoms with E-state index >= 15 is 0 Å². The van der Waals surface area contributed by atoms with E-state index in [2.05, 4.69) is 45.7 Å². The number of ether oxygens (including phenoxy) is 1. The van der Waals surface area contributed by atoms with E-state index in [-0.39, 0.29) is 5.41 Å². The highest BCUT2D eigenvalue weighted by atomic mass is 16.5. The first-order valence-corrected chi connectivity index (χ1v) is 9.42. The number of aromatic nitrogens is 5. The summed E-state index contributed by atoms with van der Waals surface area (Å²) in [5.41, 5.74) is 2.87. The highest BCUT2D eigenvalue weighted by Crippen LogP contribution is 2.24. The van der Waals surface area contributed by atoms with Gasteiger partial charge < -0.3 is 9.64 Å². The second-order valence-electron chi connectivity index (χ2n) is 8.28. The average molecular weight is 366 g/mol. The third kappa shape index (κ3) is 3.86. The quantitative estimate of drug-likeness (QED) is 0.707. The number of aryl methyl sites for hydroxylation is 1. The summed E-state index contributed by atoms with van der Waals surface area (Å²) in [6.45, 7) is 11.0. The molecule has 1 atom stereocenters. The Morgan fingerprint density at radius 1 is 1.22 bits per heavy atom. The molecule has 27 heavy (non-hydrogen) atoms. The summed E-state index contributed by atoms with van der Waals surface area (Å²) in [6.07, 6.45) is 4.70. The maximum absolute atomic E-state index is 5.98. The van der Waals surface area contributed by atoms with Crippen molar-refractivity contribution in [2.45, 2.75) is 39.5 Å². The fourth-order valence-electron chi connectivity index (χ4n) is 3.30. The van der Waals surface area contributed by atoms with Gasteiger partial charge in [-0.15, -0.1) is 5.10 Å². The molecule has 4 rings (SSSR count). The van der Waals surface area contributed by atoms with Gasteiger partial charge in [0.2, 0.25) is 5.88 Å². The summed E-state index contributed by atoms with van der Waals surface area (Å²) in [7, 11) is 0. The molecule has 1 saturated heterocycles. The average Bonchev–Trinajstić information content (AvgIpc) is 3.26. The predicted molar refractivity (Wildman–Crippen MR) is 104 cm³/mol. The Balaban J connectivity index is 1.39. The van der Waals surface area contributed by atoms with E-state index in [1.165, 1.54) is 0 Å². The first kappa shape index (κ1) is 17.7. The van der Waals surface area contributed by atoms with Crippen LogP contribution in [0.5, 0.6) is 5.88 Å². The minimum Gasteiger partial charge on any atom is -0.476 e. The molecule has 142 valence electrons. The van der Waals surface area contributed by atoms with Crippen molar-refractivity contribution in [2.24, 2.45) is 5.92 Å². The Kier molecular flexibility index (Phi) is 4.45. The lowest BCUT2D eigenvalue weighted by Crippen LogP contribution is -2.23. The number of anilines is 1. The maximum Gasteiger partial charge on any atom is 0.231 e. The van der Waals surface area contributed by atoms with Crippen LogP contribution in [0.25, 0.3) is 5.65 Å². The van der Waals surface area contributed by atoms with Crippen LogP contribution in [-0.2, 0) is 5.41 Å². The Hall–Kier alpha value is -2.70. The zero-order valence-corrected chi connectivity index (χ0v) is 16.4. The van der Waals surface area contributed by atoms with Crippen LogP contribution in [0.3, 0.4) is 0 Å². The number of rotatable bonds is 4. The Bertz CT molecular complexity index is 945. The van der Waals surface area contributed by atoms with Gasteiger partial charge in [0.25, 0.3) is 0 Å². The minimum atomic E-state index is 0.00136. The smallest absolute Gasteiger partial charge is 0.231 e. The highest BCUT2D eigenvalue weighted by Gasteiger charge is 2.24. The van der Waals surface area contributed by atoms with Crippen molar-refractivity contribution >= 4 is 11.5 Å². The van der Waals surface area contributed by atoms with Crippen LogP contribution in [0, 0.1) is 12.8 Å². The molecule has 0 bridgehead atoms. The van der Waals surface area contributed by atoms with Crippen LogP contribution >= 0.6 is 0 Å². The molecule has 1 aliphatic rings. The van der Waals surface area contributed by atoms with Crippen molar-refractivity contribution in [1.82, 2.24) is 24.6 Å². The van der Waals surface area contributed by atoms with Gasteiger partial charge in [-0.1, -0.05) is 20.8 Å². The first-order chi connectivity index (χ1) is 12.9. The second kappa shape index (κ2) is 6.79. The van der Waals surface area contributed by atoms with Crippen molar-refractivity contribution < 1.29 is 4.74 Å². The van der Waals surface area contributed by atoms with Gasteiger partial charge in [-0.2, -0.15) is 0 Å². The summed E-state index contributed by atoms with van der Waals surface area (Å²) >= 11 is 0. The number of nitrogens with zero attached hydrogens (tertiary/aromatic N) is 6. The Morgan fingerprint density at radius 2 is 2.07 bits per heavy atom. The summed E-state index contributed by atoms with van der Waals surface area (Å²) in [5, 5.41) is 4.56. The lowest BCUT2D eigenvalue weighted by molar-refractivity contribution is 0.249. The standard InChI is InChI=1S/C20H26N6O/c1-14-9-18(22-13-21-14)25-8-7-15(10-25)12-27-19-6-5-17-23-16(20(2,3)4)11-26(17)24-19/h5-6,9,11,13,15H,7-8,10,12H2,1-4H3. The van der Waals surface area contributed by atoms with E-state index in [1.807, 2.05) is 31.3 Å². The van der Waals surface area contributed by atoms with Crippen LogP contribution in [-0.4, -0.2) is 44.3 Å². The molecule has 0 N–H and O–H groups in total. The molecule has 1 fully saturated rings. The third-order valence-corrected chi connectivity index (χ3v) is 4.93. The molecule has 4 heterocycles. The summed E-state index contributed by atoms with van der Waals surface area (Å²) in [6, 6.07) is 5.89. The van der Waals surface area contributed by atoms with E-state index in [4.69, 9.17) is 4.74 Å². The lowest BCUT2D eigenvalue weighted by Gasteiger charge is -2.17. The van der Waals surface area contributed by atoms with Crippen molar-refractivity contribution in [3.05, 3.63) is 42.1 Å². The normalized spacial score (nSPS) is 17.6. The van der Waals surface area contributed by atoms with Gasteiger partial charge in [0.05, 0.1) is 18.5 Å². The third-order valence-electron chi connectivity index (χ3n) is 4.93. The van der Waals surface area contributed by atoms with Gasteiger partial charge in [0.1, 0.15) is 12.1 Å². The van der Waals surface area contributed by atoms with Gasteiger partial charge in [-0.25, -0.2) is 19.5 Å². The van der Waals surface area contributed by atoms with Gasteiger partial charge in [-0.3, -0.25) is 0 Å². The molecule has 0 aromatic carbocycles. The van der Waals surface area contributed by atoms with Crippen molar-refractivity contribution in [1.29, 1.82) is 0 Å². The van der Waals surface area contributed by atoms with Crippen LogP contribution in [0.2, 0.25) is 0 Å². The van der Waals surface area contributed by atoms with Crippen molar-refractivity contribution in [3.8, 4) is 5.88 Å². The largest absolute Gasteiger partial charge is 0.476 e. The molecule has 0 saturated carbocycles. The molecule has 1 aliphatic heterocycles. The van der Waals surface area contributed by atoms with Crippen LogP contribution in [0.4, 0.5) is 5.82 Å². The molecule has 7 nitrogen and oxygen atoms in total. The van der Waals surface area contributed by atoms with Gasteiger partial charge in [0.15, 0.2) is 5.65 Å². The Labute approximate surface area is 159 Å². The fraction of sp³-hybridized carbons (Fsp3) is 0.500. The molecular weight excluding hydrogens is 340 g/mol. The number of hydrogen-bond donors (Lipinski definition) is 0. The maximum atomic E-state index is 5.98. The molecule has 3 aromatic rings. The van der Waals surface area contributed by atoms with Gasteiger partial charge >= 0.3 is 0 Å². The van der Waals surface area contributed by atoms with E-state index in [0.717, 1.165) is 42.4 Å². The Morgan fingerprint density at radius 3 is 2.85 bits per heavy atom. The SMILES string of the molecule is Cc1cc(N2CCC(COc3ccc4nc(C(C)(C)C)cn4n3)C2)ncn1. The van der Waals surface area contributed by atoms with E-state index < -0.39 is 0 Å². The predicted octanol–water partition coefficient (Wildman–Crippen LogP) is 3.03. The number of fused-ring (bicyclic) bond motifs is 1. The molecule has 0 aliphatic carbocycles. The van der Waals surface area contributed by atoms with Crippen LogP contribution < -0.4 is 9.64 Å². The van der Waals surface area contributed by atoms with Crippen molar-refractivity contribution in [3.63, 3.8) is 0 Å². The zero-order chi connectivity index (χ0) is 19.0. The molecular formula is C20H26N6O. The van der Waals surface area contributed by atoms with Gasteiger partial charge in [0, 0.05) is 42.2 Å². The van der Waals surface area contributed by atoms with Gasteiger partial charge in [-0.05, 0) is 19.4 Å². The van der Waals surface area contributed by atoms with Crippen LogP contribution in [0.15, 0.2) is 30.7 Å². The van der Waals surface area contributed by atoms with Crippen LogP contribution in [0.1, 0.15) is 38.6 Å². The lowest BCUT2D eigenvalue weighted by atomic mass is 9.93. The van der Waals surface area contributed by atoms with E-state index in [1.54, 1.807) is 10.8 Å². The monoisotopic (exact) mass is 366 g/mol. The second-order valence-corrected chi connectivity index (χ2v) is 8.28. The highest BCUT2D eigenvalue weighted by molar-refractivity contribution is 5.41. The molecule has 0 spiro atoms. The molecule has 7 heteroatoms. The molecule has 3 aromatic heterocycles. The summed E-state index contributed by atoms with van der Waals surface area (Å²) < 4.78 is 7.79. The van der Waals surface area contributed by atoms with Crippen molar-refractivity contribution in [2.75, 3.05) is 24.6 Å². The zero-order valence-electron chi connectivity index (χ0n) is 16.4. The summed E-state index contributed by atoms with van der Waals surface area (Å²) in [5.74, 6) is 2.10. The first-order valence-electron chi connectivity index (χ1n) is 9.42. The summed E-state index contributed by atoms with van der Waals surface area (Å²) in [4.78, 5) is 15.5. The minimum absolute atomic E-state index is 0.00136. The topological polar surface area (TPSA) is 68.4 Å². The number of imidazole rings is 1. The molecule has 0 radical (unpaired) electrons. The fourth-order valence-corrected chi connectivity index (χ4v) is 3.30. The van der Waals surface area contributed by atoms with E-state index in [0.29, 0.717) is 18.4 Å². The number of hydrogen-bond acceptors (Lipinski definition) is 6. The molecule has 0 amide bonds. The van der Waals surface area contributed by atoms with E-state index in [9.17, 15) is 0 Å². The molecule has 1 unspecified atom stereocenters.